The van der Waals surface area contributed by atoms with E-state index in [9.17, 15) is 9.59 Å². The van der Waals surface area contributed by atoms with Crippen LogP contribution in [0, 0.1) is 6.92 Å². The molecule has 0 aliphatic rings. The van der Waals surface area contributed by atoms with Gasteiger partial charge in [0.25, 0.3) is 0 Å². The van der Waals surface area contributed by atoms with Gasteiger partial charge in [-0.1, -0.05) is 47.4 Å². The number of carbonyl (C=O) groups excluding carboxylic acids is 2. The summed E-state index contributed by atoms with van der Waals surface area (Å²) < 4.78 is 0.636. The molecule has 134 valence electrons. The largest absolute Gasteiger partial charge is 0.325 e. The van der Waals surface area contributed by atoms with E-state index in [1.807, 2.05) is 48.7 Å². The first-order valence-electron chi connectivity index (χ1n) is 7.74. The van der Waals surface area contributed by atoms with Crippen LogP contribution in [0.4, 0.5) is 10.8 Å². The lowest BCUT2D eigenvalue weighted by Crippen LogP contribution is -2.14. The van der Waals surface area contributed by atoms with Crippen LogP contribution in [0.25, 0.3) is 0 Å². The molecule has 0 bridgehead atoms. The van der Waals surface area contributed by atoms with E-state index < -0.39 is 0 Å². The van der Waals surface area contributed by atoms with E-state index in [1.165, 1.54) is 34.4 Å². The lowest BCUT2D eigenvalue weighted by atomic mass is 10.2. The second-order valence-electron chi connectivity index (χ2n) is 5.33. The first kappa shape index (κ1) is 18.6. The molecule has 0 atom stereocenters. The number of thiophene rings is 1. The molecule has 1 aromatic carbocycles. The van der Waals surface area contributed by atoms with E-state index in [0.717, 1.165) is 16.1 Å². The number of aromatic nitrogens is 2. The van der Waals surface area contributed by atoms with Crippen LogP contribution < -0.4 is 10.6 Å². The summed E-state index contributed by atoms with van der Waals surface area (Å²) in [6.07, 6.45) is 0.318. The van der Waals surface area contributed by atoms with Crippen LogP contribution in [0.1, 0.15) is 10.4 Å². The second kappa shape index (κ2) is 8.93. The van der Waals surface area contributed by atoms with Gasteiger partial charge in [-0.05, 0) is 30.0 Å². The average molecular weight is 405 g/mol. The van der Waals surface area contributed by atoms with Crippen LogP contribution >= 0.6 is 34.4 Å². The van der Waals surface area contributed by atoms with E-state index in [2.05, 4.69) is 20.8 Å². The van der Waals surface area contributed by atoms with Gasteiger partial charge in [0.15, 0.2) is 4.34 Å². The number of benzene rings is 1. The van der Waals surface area contributed by atoms with Gasteiger partial charge in [-0.3, -0.25) is 9.59 Å². The Balaban J connectivity index is 1.46. The quantitative estimate of drug-likeness (QED) is 0.462. The van der Waals surface area contributed by atoms with Crippen molar-refractivity contribution in [2.45, 2.75) is 17.7 Å². The van der Waals surface area contributed by atoms with Crippen LogP contribution in [-0.2, 0) is 16.0 Å². The van der Waals surface area contributed by atoms with E-state index in [-0.39, 0.29) is 17.6 Å². The van der Waals surface area contributed by atoms with Crippen LogP contribution in [0.2, 0.25) is 0 Å². The molecule has 9 heteroatoms. The first-order chi connectivity index (χ1) is 12.6. The minimum atomic E-state index is -0.127. The Morgan fingerprint density at radius 3 is 2.69 bits per heavy atom. The van der Waals surface area contributed by atoms with Gasteiger partial charge in [-0.15, -0.1) is 21.5 Å². The maximum absolute atomic E-state index is 12.1. The molecule has 26 heavy (non-hydrogen) atoms. The Morgan fingerprint density at radius 1 is 1.08 bits per heavy atom. The summed E-state index contributed by atoms with van der Waals surface area (Å²) in [4.78, 5) is 25.0. The van der Waals surface area contributed by atoms with Crippen LogP contribution in [-0.4, -0.2) is 27.8 Å². The van der Waals surface area contributed by atoms with Crippen molar-refractivity contribution >= 4 is 57.1 Å². The lowest BCUT2D eigenvalue weighted by Gasteiger charge is -2.06. The second-order valence-corrected chi connectivity index (χ2v) is 8.56. The number of thioether (sulfide) groups is 1. The van der Waals surface area contributed by atoms with Gasteiger partial charge in [0.2, 0.25) is 16.9 Å². The molecule has 6 nitrogen and oxygen atoms in total. The van der Waals surface area contributed by atoms with Crippen LogP contribution in [0.15, 0.2) is 46.1 Å². The average Bonchev–Trinajstić information content (AvgIpc) is 3.27. The van der Waals surface area contributed by atoms with Gasteiger partial charge in [0.1, 0.15) is 0 Å². The number of anilines is 2. The molecule has 2 amide bonds. The molecule has 0 saturated carbocycles. The molecule has 0 spiro atoms. The summed E-state index contributed by atoms with van der Waals surface area (Å²) >= 11 is 4.09. The van der Waals surface area contributed by atoms with Crippen molar-refractivity contribution in [3.63, 3.8) is 0 Å². The predicted molar refractivity (Wildman–Crippen MR) is 107 cm³/mol. The Bertz CT molecular complexity index is 893. The number of nitrogens with one attached hydrogen (secondary N) is 2. The fourth-order valence-corrected chi connectivity index (χ4v) is 4.35. The topological polar surface area (TPSA) is 84.0 Å². The molecular weight excluding hydrogens is 388 g/mol. The SMILES string of the molecule is Cc1ccccc1NC(=O)CSc1nnc(NC(=O)Cc2cccs2)s1. The molecule has 0 radical (unpaired) electrons. The Kier molecular flexibility index (Phi) is 6.37. The standard InChI is InChI=1S/C17H16N4O2S3/c1-11-5-2-3-7-13(11)18-15(23)10-25-17-21-20-16(26-17)19-14(22)9-12-6-4-8-24-12/h2-8H,9-10H2,1H3,(H,18,23)(H,19,20,22). The maximum Gasteiger partial charge on any atom is 0.234 e. The highest BCUT2D eigenvalue weighted by atomic mass is 32.2. The summed E-state index contributed by atoms with van der Waals surface area (Å²) in [5.41, 5.74) is 1.81. The molecule has 2 heterocycles. The van der Waals surface area contributed by atoms with Gasteiger partial charge in [0, 0.05) is 10.6 Å². The number of carbonyl (C=O) groups is 2. The highest BCUT2D eigenvalue weighted by Gasteiger charge is 2.12. The lowest BCUT2D eigenvalue weighted by molar-refractivity contribution is -0.115. The number of nitrogens with zero attached hydrogens (tertiary/aromatic N) is 2. The van der Waals surface area contributed by atoms with Crippen molar-refractivity contribution in [1.82, 2.24) is 10.2 Å². The predicted octanol–water partition coefficient (Wildman–Crippen LogP) is 3.82. The molecular formula is C17H16N4O2S3. The highest BCUT2D eigenvalue weighted by Crippen LogP contribution is 2.26. The Hall–Kier alpha value is -2.23. The molecule has 0 fully saturated rings. The summed E-state index contributed by atoms with van der Waals surface area (Å²) in [6.45, 7) is 1.94. The summed E-state index contributed by atoms with van der Waals surface area (Å²) in [7, 11) is 0. The zero-order chi connectivity index (χ0) is 18.4. The van der Waals surface area contributed by atoms with Crippen LogP contribution in [0.3, 0.4) is 0 Å². The van der Waals surface area contributed by atoms with Crippen molar-refractivity contribution in [2.24, 2.45) is 0 Å². The van der Waals surface area contributed by atoms with Crippen molar-refractivity contribution in [3.05, 3.63) is 52.2 Å². The molecule has 2 N–H and O–H groups in total. The number of hydrogen-bond donors (Lipinski definition) is 2. The van der Waals surface area contributed by atoms with Crippen molar-refractivity contribution in [1.29, 1.82) is 0 Å². The van der Waals surface area contributed by atoms with Crippen molar-refractivity contribution in [3.8, 4) is 0 Å². The van der Waals surface area contributed by atoms with Gasteiger partial charge in [0.05, 0.1) is 12.2 Å². The van der Waals surface area contributed by atoms with Crippen molar-refractivity contribution in [2.75, 3.05) is 16.4 Å². The van der Waals surface area contributed by atoms with E-state index in [0.29, 0.717) is 15.9 Å². The Morgan fingerprint density at radius 2 is 1.92 bits per heavy atom. The smallest absolute Gasteiger partial charge is 0.234 e. The van der Waals surface area contributed by atoms with Crippen molar-refractivity contribution < 1.29 is 9.59 Å². The number of para-hydroxylation sites is 1. The summed E-state index contributed by atoms with van der Waals surface area (Å²) in [5, 5.41) is 15.9. The Labute approximate surface area is 163 Å². The van der Waals surface area contributed by atoms with Gasteiger partial charge in [-0.25, -0.2) is 0 Å². The van der Waals surface area contributed by atoms with E-state index >= 15 is 0 Å². The third-order valence-corrected chi connectivity index (χ3v) is 6.16. The molecule has 3 aromatic rings. The fraction of sp³-hybridized carbons (Fsp3) is 0.176. The van der Waals surface area contributed by atoms with Gasteiger partial charge < -0.3 is 10.6 Å². The molecule has 0 saturated heterocycles. The molecule has 2 aromatic heterocycles. The van der Waals surface area contributed by atoms with Crippen LogP contribution in [0.5, 0.6) is 0 Å². The molecule has 0 aliphatic carbocycles. The normalized spacial score (nSPS) is 10.5. The first-order valence-corrected chi connectivity index (χ1v) is 10.4. The minimum Gasteiger partial charge on any atom is -0.325 e. The summed E-state index contributed by atoms with van der Waals surface area (Å²) in [5.74, 6) is -0.00762. The maximum atomic E-state index is 12.1. The minimum absolute atomic E-state index is 0.109. The molecule has 0 aliphatic heterocycles. The van der Waals surface area contributed by atoms with Gasteiger partial charge >= 0.3 is 0 Å². The number of aryl methyl sites for hydroxylation is 1. The zero-order valence-electron chi connectivity index (χ0n) is 13.9. The third kappa shape index (κ3) is 5.38. The highest BCUT2D eigenvalue weighted by molar-refractivity contribution is 8.01. The number of amides is 2. The molecule has 0 unspecified atom stereocenters. The number of hydrogen-bond acceptors (Lipinski definition) is 7. The van der Waals surface area contributed by atoms with E-state index in [1.54, 1.807) is 0 Å². The monoisotopic (exact) mass is 404 g/mol. The molecule has 3 rings (SSSR count). The summed E-state index contributed by atoms with van der Waals surface area (Å²) in [6, 6.07) is 11.4. The third-order valence-electron chi connectivity index (χ3n) is 3.31. The van der Waals surface area contributed by atoms with Gasteiger partial charge in [-0.2, -0.15) is 0 Å². The fourth-order valence-electron chi connectivity index (χ4n) is 2.08. The number of rotatable bonds is 7. The van der Waals surface area contributed by atoms with E-state index in [4.69, 9.17) is 0 Å². The zero-order valence-corrected chi connectivity index (χ0v) is 16.3.